The first kappa shape index (κ1) is 10.8. The molecule has 2 N–H and O–H groups in total. The molecule has 0 spiro atoms. The number of nitrogens with zero attached hydrogens (tertiary/aromatic N) is 1. The molecule has 0 bridgehead atoms. The van der Waals surface area contributed by atoms with Crippen LogP contribution in [0.4, 0.5) is 5.69 Å². The summed E-state index contributed by atoms with van der Waals surface area (Å²) in [4.78, 5) is 35.3. The predicted octanol–water partition coefficient (Wildman–Crippen LogP) is -1.73. The minimum atomic E-state index is -0.676. The summed E-state index contributed by atoms with van der Waals surface area (Å²) >= 11 is 0. The first-order valence-corrected chi connectivity index (χ1v) is 5.04. The highest BCUT2D eigenvalue weighted by Gasteiger charge is 2.24. The summed E-state index contributed by atoms with van der Waals surface area (Å²) in [6.07, 6.45) is -0.0730. The number of ether oxygens (including phenoxy) is 1. The van der Waals surface area contributed by atoms with Gasteiger partial charge in [0.05, 0.1) is 25.3 Å². The third-order valence-corrected chi connectivity index (χ3v) is 2.74. The average Bonchev–Trinajstić information content (AvgIpc) is 2.35. The number of anilines is 1. The lowest BCUT2D eigenvalue weighted by Crippen LogP contribution is -2.45. The molecule has 1 aliphatic heterocycles. The number of hydrogen-bond acceptors (Lipinski definition) is 5. The smallest absolute Gasteiger partial charge is 0.249 e. The van der Waals surface area contributed by atoms with Gasteiger partial charge < -0.3 is 15.4 Å². The van der Waals surface area contributed by atoms with Crippen molar-refractivity contribution in [2.45, 2.75) is 6.42 Å². The SMILES string of the molecule is Nc1c(CC(=O)N2CCOCC2)c(=O)c1=O. The van der Waals surface area contributed by atoms with E-state index in [0.717, 1.165) is 0 Å². The quantitative estimate of drug-likeness (QED) is 0.603. The molecule has 0 aliphatic carbocycles. The molecule has 0 unspecified atom stereocenters. The number of amides is 1. The third-order valence-electron chi connectivity index (χ3n) is 2.74. The molecule has 6 nitrogen and oxygen atoms in total. The van der Waals surface area contributed by atoms with E-state index in [1.165, 1.54) is 0 Å². The van der Waals surface area contributed by atoms with Crippen LogP contribution in [0.5, 0.6) is 0 Å². The summed E-state index contributed by atoms with van der Waals surface area (Å²) in [5, 5.41) is 0. The molecule has 0 saturated carbocycles. The number of rotatable bonds is 2. The molecule has 1 heterocycles. The zero-order chi connectivity index (χ0) is 11.7. The number of nitrogens with two attached hydrogens (primary N) is 1. The first-order valence-electron chi connectivity index (χ1n) is 5.04. The van der Waals surface area contributed by atoms with Gasteiger partial charge in [-0.2, -0.15) is 0 Å². The van der Waals surface area contributed by atoms with Crippen LogP contribution in [0, 0.1) is 0 Å². The minimum Gasteiger partial charge on any atom is -0.395 e. The molecule has 2 rings (SSSR count). The Labute approximate surface area is 91.3 Å². The van der Waals surface area contributed by atoms with Crippen LogP contribution in [0.1, 0.15) is 5.56 Å². The molecule has 1 saturated heterocycles. The van der Waals surface area contributed by atoms with E-state index in [4.69, 9.17) is 10.5 Å². The maximum Gasteiger partial charge on any atom is 0.249 e. The van der Waals surface area contributed by atoms with Crippen LogP contribution in [-0.2, 0) is 16.0 Å². The Morgan fingerprint density at radius 1 is 1.25 bits per heavy atom. The Hall–Kier alpha value is -1.69. The Balaban J connectivity index is 2.03. The Bertz CT molecular complexity index is 481. The van der Waals surface area contributed by atoms with Gasteiger partial charge in [-0.15, -0.1) is 0 Å². The average molecular weight is 224 g/mol. The van der Waals surface area contributed by atoms with Gasteiger partial charge >= 0.3 is 0 Å². The van der Waals surface area contributed by atoms with Crippen molar-refractivity contribution >= 4 is 11.6 Å². The van der Waals surface area contributed by atoms with E-state index in [2.05, 4.69) is 0 Å². The van der Waals surface area contributed by atoms with Gasteiger partial charge in [-0.05, 0) is 0 Å². The largest absolute Gasteiger partial charge is 0.395 e. The van der Waals surface area contributed by atoms with Gasteiger partial charge in [0.2, 0.25) is 16.8 Å². The molecule has 1 amide bonds. The number of nitrogen functional groups attached to an aromatic ring is 1. The Morgan fingerprint density at radius 2 is 1.88 bits per heavy atom. The highest BCUT2D eigenvalue weighted by molar-refractivity contribution is 5.81. The molecule has 86 valence electrons. The van der Waals surface area contributed by atoms with Gasteiger partial charge in [0.25, 0.3) is 0 Å². The van der Waals surface area contributed by atoms with Crippen molar-refractivity contribution in [2.24, 2.45) is 0 Å². The normalized spacial score (nSPS) is 16.6. The molecule has 1 aliphatic rings. The van der Waals surface area contributed by atoms with E-state index < -0.39 is 10.9 Å². The molecule has 0 atom stereocenters. The lowest BCUT2D eigenvalue weighted by Gasteiger charge is -2.27. The zero-order valence-electron chi connectivity index (χ0n) is 8.69. The number of hydrogen-bond donors (Lipinski definition) is 1. The van der Waals surface area contributed by atoms with Gasteiger partial charge in [-0.25, -0.2) is 0 Å². The summed E-state index contributed by atoms with van der Waals surface area (Å²) in [7, 11) is 0. The van der Waals surface area contributed by atoms with Crippen molar-refractivity contribution < 1.29 is 9.53 Å². The summed E-state index contributed by atoms with van der Waals surface area (Å²) < 4.78 is 5.10. The zero-order valence-corrected chi connectivity index (χ0v) is 8.69. The molecular weight excluding hydrogens is 212 g/mol. The summed E-state index contributed by atoms with van der Waals surface area (Å²) in [5.41, 5.74) is 4.14. The van der Waals surface area contributed by atoms with Crippen molar-refractivity contribution in [1.29, 1.82) is 0 Å². The van der Waals surface area contributed by atoms with E-state index in [-0.39, 0.29) is 23.6 Å². The molecule has 1 aromatic rings. The lowest BCUT2D eigenvalue weighted by molar-refractivity contribution is -0.134. The van der Waals surface area contributed by atoms with Crippen LogP contribution in [0.25, 0.3) is 0 Å². The Kier molecular flexibility index (Phi) is 2.74. The topological polar surface area (TPSA) is 89.7 Å². The van der Waals surface area contributed by atoms with Crippen LogP contribution >= 0.6 is 0 Å². The van der Waals surface area contributed by atoms with Crippen molar-refractivity contribution in [3.8, 4) is 0 Å². The van der Waals surface area contributed by atoms with Crippen LogP contribution in [0.3, 0.4) is 0 Å². The van der Waals surface area contributed by atoms with Gasteiger partial charge in [-0.1, -0.05) is 0 Å². The van der Waals surface area contributed by atoms with Crippen LogP contribution in [-0.4, -0.2) is 37.1 Å². The highest BCUT2D eigenvalue weighted by Crippen LogP contribution is 2.07. The predicted molar refractivity (Wildman–Crippen MR) is 56.9 cm³/mol. The standard InChI is InChI=1S/C10H12N2O4/c11-8-6(9(14)10(8)15)5-7(13)12-1-3-16-4-2-12/h1-5,11H2. The molecule has 6 heteroatoms. The number of carbonyl (C=O) groups is 1. The molecule has 1 aromatic carbocycles. The molecule has 16 heavy (non-hydrogen) atoms. The molecular formula is C10H12N2O4. The van der Waals surface area contributed by atoms with E-state index in [1.54, 1.807) is 4.90 Å². The highest BCUT2D eigenvalue weighted by atomic mass is 16.5. The van der Waals surface area contributed by atoms with Crippen molar-refractivity contribution in [3.63, 3.8) is 0 Å². The maximum atomic E-state index is 11.7. The summed E-state index contributed by atoms with van der Waals surface area (Å²) in [6, 6.07) is 0. The van der Waals surface area contributed by atoms with Crippen LogP contribution in [0.2, 0.25) is 0 Å². The second-order valence-corrected chi connectivity index (χ2v) is 3.72. The lowest BCUT2D eigenvalue weighted by atomic mass is 10.0. The molecule has 0 radical (unpaired) electrons. The minimum absolute atomic E-state index is 0.0633. The van der Waals surface area contributed by atoms with Gasteiger partial charge in [0, 0.05) is 18.7 Å². The van der Waals surface area contributed by atoms with Crippen LogP contribution < -0.4 is 16.6 Å². The summed E-state index contributed by atoms with van der Waals surface area (Å²) in [6.45, 7) is 2.06. The fourth-order valence-corrected chi connectivity index (χ4v) is 1.71. The Morgan fingerprint density at radius 3 is 2.44 bits per heavy atom. The van der Waals surface area contributed by atoms with Crippen LogP contribution in [0.15, 0.2) is 9.59 Å². The van der Waals surface area contributed by atoms with E-state index in [1.807, 2.05) is 0 Å². The van der Waals surface area contributed by atoms with Gasteiger partial charge in [0.1, 0.15) is 0 Å². The fourth-order valence-electron chi connectivity index (χ4n) is 1.71. The van der Waals surface area contributed by atoms with Gasteiger partial charge in [0.15, 0.2) is 0 Å². The summed E-state index contributed by atoms with van der Waals surface area (Å²) in [5.74, 6) is -0.179. The van der Waals surface area contributed by atoms with E-state index in [0.29, 0.717) is 26.3 Å². The molecule has 1 fully saturated rings. The third kappa shape index (κ3) is 1.71. The second-order valence-electron chi connectivity index (χ2n) is 3.72. The number of morpholine rings is 1. The second kappa shape index (κ2) is 4.05. The van der Waals surface area contributed by atoms with Crippen molar-refractivity contribution in [1.82, 2.24) is 4.90 Å². The van der Waals surface area contributed by atoms with Crippen molar-refractivity contribution in [2.75, 3.05) is 32.0 Å². The van der Waals surface area contributed by atoms with E-state index >= 15 is 0 Å². The van der Waals surface area contributed by atoms with Crippen molar-refractivity contribution in [3.05, 3.63) is 26.0 Å². The first-order chi connectivity index (χ1) is 7.61. The number of carbonyl (C=O) groups excluding carboxylic acids is 1. The monoisotopic (exact) mass is 224 g/mol. The van der Waals surface area contributed by atoms with Gasteiger partial charge in [-0.3, -0.25) is 14.4 Å². The molecule has 0 aromatic heterocycles. The van der Waals surface area contributed by atoms with E-state index in [9.17, 15) is 14.4 Å². The maximum absolute atomic E-state index is 11.7. The fraction of sp³-hybridized carbons (Fsp3) is 0.500.